The molecule has 0 aliphatic carbocycles. The van der Waals surface area contributed by atoms with Gasteiger partial charge in [-0.05, 0) is 46.1 Å². The molecule has 0 aromatic heterocycles. The topological polar surface area (TPSA) is 72.6 Å². The van der Waals surface area contributed by atoms with E-state index in [1.54, 1.807) is 4.90 Å². The van der Waals surface area contributed by atoms with Crippen molar-refractivity contribution in [1.82, 2.24) is 4.90 Å². The first-order valence-electron chi connectivity index (χ1n) is 7.94. The van der Waals surface area contributed by atoms with Gasteiger partial charge >= 0.3 is 0 Å². The number of nitrogens with zero attached hydrogens (tertiary/aromatic N) is 1. The SMILES string of the molecule is Cc1ccc(OCC(=O)N(CCC(N)=O)Cc2ccccc2)c(Br)c1. The van der Waals surface area contributed by atoms with Gasteiger partial charge in [0.1, 0.15) is 5.75 Å². The zero-order chi connectivity index (χ0) is 18.2. The Bertz CT molecular complexity index is 735. The van der Waals surface area contributed by atoms with E-state index in [4.69, 9.17) is 10.5 Å². The molecule has 2 rings (SSSR count). The van der Waals surface area contributed by atoms with E-state index in [0.717, 1.165) is 15.6 Å². The summed E-state index contributed by atoms with van der Waals surface area (Å²) in [5.74, 6) is -0.0286. The molecule has 6 heteroatoms. The molecule has 5 nitrogen and oxygen atoms in total. The van der Waals surface area contributed by atoms with Gasteiger partial charge in [0.05, 0.1) is 4.47 Å². The summed E-state index contributed by atoms with van der Waals surface area (Å²) < 4.78 is 6.42. The quantitative estimate of drug-likeness (QED) is 0.734. The average Bonchev–Trinajstić information content (AvgIpc) is 2.58. The van der Waals surface area contributed by atoms with Crippen LogP contribution in [-0.2, 0) is 16.1 Å². The van der Waals surface area contributed by atoms with Crippen molar-refractivity contribution < 1.29 is 14.3 Å². The summed E-state index contributed by atoms with van der Waals surface area (Å²) in [7, 11) is 0. The highest BCUT2D eigenvalue weighted by molar-refractivity contribution is 9.10. The minimum absolute atomic E-state index is 0.104. The van der Waals surface area contributed by atoms with Gasteiger partial charge in [0, 0.05) is 19.5 Å². The van der Waals surface area contributed by atoms with Crippen LogP contribution in [0.1, 0.15) is 17.5 Å². The first-order valence-corrected chi connectivity index (χ1v) is 8.74. The highest BCUT2D eigenvalue weighted by atomic mass is 79.9. The van der Waals surface area contributed by atoms with Crippen molar-refractivity contribution in [3.63, 3.8) is 0 Å². The van der Waals surface area contributed by atoms with Crippen LogP contribution in [0.2, 0.25) is 0 Å². The van der Waals surface area contributed by atoms with Gasteiger partial charge in [-0.2, -0.15) is 0 Å². The van der Waals surface area contributed by atoms with E-state index in [9.17, 15) is 9.59 Å². The Labute approximate surface area is 155 Å². The fourth-order valence-electron chi connectivity index (χ4n) is 2.29. The number of aryl methyl sites for hydroxylation is 1. The summed E-state index contributed by atoms with van der Waals surface area (Å²) in [5.41, 5.74) is 7.30. The minimum atomic E-state index is -0.437. The molecule has 2 amide bonds. The number of ether oxygens (including phenoxy) is 1. The molecular formula is C19H21BrN2O3. The van der Waals surface area contributed by atoms with E-state index >= 15 is 0 Å². The first-order chi connectivity index (χ1) is 12.0. The summed E-state index contributed by atoms with van der Waals surface area (Å²) in [4.78, 5) is 25.2. The number of nitrogens with two attached hydrogens (primary N) is 1. The number of hydrogen-bond donors (Lipinski definition) is 1. The second-order valence-electron chi connectivity index (χ2n) is 5.74. The van der Waals surface area contributed by atoms with E-state index < -0.39 is 5.91 Å². The van der Waals surface area contributed by atoms with Crippen molar-refractivity contribution in [2.24, 2.45) is 5.73 Å². The predicted octanol–water partition coefficient (Wildman–Crippen LogP) is 3.04. The normalized spacial score (nSPS) is 10.3. The molecule has 0 unspecified atom stereocenters. The Kier molecular flexibility index (Phi) is 7.01. The van der Waals surface area contributed by atoms with Gasteiger partial charge in [-0.15, -0.1) is 0 Å². The van der Waals surface area contributed by atoms with Gasteiger partial charge in [-0.1, -0.05) is 36.4 Å². The third-order valence-electron chi connectivity index (χ3n) is 3.64. The van der Waals surface area contributed by atoms with Gasteiger partial charge < -0.3 is 15.4 Å². The van der Waals surface area contributed by atoms with Crippen molar-refractivity contribution in [3.05, 3.63) is 64.1 Å². The molecule has 0 saturated heterocycles. The molecule has 25 heavy (non-hydrogen) atoms. The predicted molar refractivity (Wildman–Crippen MR) is 100 cm³/mol. The molecule has 0 aliphatic rings. The van der Waals surface area contributed by atoms with Gasteiger partial charge in [0.15, 0.2) is 6.61 Å². The number of carbonyl (C=O) groups excluding carboxylic acids is 2. The molecule has 132 valence electrons. The molecule has 0 heterocycles. The molecule has 0 atom stereocenters. The summed E-state index contributed by atoms with van der Waals surface area (Å²) in [5, 5.41) is 0. The maximum absolute atomic E-state index is 12.5. The van der Waals surface area contributed by atoms with Gasteiger partial charge in [0.25, 0.3) is 5.91 Å². The van der Waals surface area contributed by atoms with Gasteiger partial charge in [0.2, 0.25) is 5.91 Å². The average molecular weight is 405 g/mol. The number of rotatable bonds is 8. The molecule has 0 radical (unpaired) electrons. The third-order valence-corrected chi connectivity index (χ3v) is 4.26. The smallest absolute Gasteiger partial charge is 0.260 e. The van der Waals surface area contributed by atoms with Crippen LogP contribution < -0.4 is 10.5 Å². The molecule has 2 aromatic rings. The van der Waals surface area contributed by atoms with E-state index in [1.165, 1.54) is 0 Å². The molecule has 2 N–H and O–H groups in total. The van der Waals surface area contributed by atoms with Crippen LogP contribution in [0.15, 0.2) is 53.0 Å². The Morgan fingerprint density at radius 3 is 2.52 bits per heavy atom. The highest BCUT2D eigenvalue weighted by Crippen LogP contribution is 2.25. The van der Waals surface area contributed by atoms with Crippen molar-refractivity contribution in [2.45, 2.75) is 19.9 Å². The molecule has 0 fully saturated rings. The Morgan fingerprint density at radius 2 is 1.88 bits per heavy atom. The van der Waals surface area contributed by atoms with Crippen molar-refractivity contribution in [2.75, 3.05) is 13.2 Å². The zero-order valence-corrected chi connectivity index (χ0v) is 15.7. The number of hydrogen-bond acceptors (Lipinski definition) is 3. The Balaban J connectivity index is 2.02. The van der Waals surface area contributed by atoms with Gasteiger partial charge in [-0.25, -0.2) is 0 Å². The number of benzene rings is 2. The van der Waals surface area contributed by atoms with Crippen LogP contribution in [0.5, 0.6) is 5.75 Å². The second kappa shape index (κ2) is 9.22. The summed E-state index contributed by atoms with van der Waals surface area (Å²) in [6.07, 6.45) is 0.118. The fraction of sp³-hybridized carbons (Fsp3) is 0.263. The van der Waals surface area contributed by atoms with Crippen LogP contribution in [0.3, 0.4) is 0 Å². The number of amides is 2. The fourth-order valence-corrected chi connectivity index (χ4v) is 2.90. The molecular weight excluding hydrogens is 384 g/mol. The highest BCUT2D eigenvalue weighted by Gasteiger charge is 2.16. The first kappa shape index (κ1) is 19.0. The Morgan fingerprint density at radius 1 is 1.16 bits per heavy atom. The van der Waals surface area contributed by atoms with E-state index in [-0.39, 0.29) is 25.5 Å². The standard InChI is InChI=1S/C19H21BrN2O3/c1-14-7-8-17(16(20)11-14)25-13-19(24)22(10-9-18(21)23)12-15-5-3-2-4-6-15/h2-8,11H,9-10,12-13H2,1H3,(H2,21,23). The third kappa shape index (κ3) is 6.23. The molecule has 0 saturated carbocycles. The lowest BCUT2D eigenvalue weighted by Gasteiger charge is -2.22. The number of carbonyl (C=O) groups is 2. The monoisotopic (exact) mass is 404 g/mol. The number of halogens is 1. The van der Waals surface area contributed by atoms with E-state index in [2.05, 4.69) is 15.9 Å². The largest absolute Gasteiger partial charge is 0.483 e. The van der Waals surface area contributed by atoms with Crippen LogP contribution in [-0.4, -0.2) is 29.9 Å². The maximum atomic E-state index is 12.5. The molecule has 0 bridgehead atoms. The lowest BCUT2D eigenvalue weighted by Crippen LogP contribution is -2.36. The molecule has 0 spiro atoms. The zero-order valence-electron chi connectivity index (χ0n) is 14.1. The van der Waals surface area contributed by atoms with Crippen LogP contribution in [0.25, 0.3) is 0 Å². The maximum Gasteiger partial charge on any atom is 0.260 e. The summed E-state index contributed by atoms with van der Waals surface area (Å²) in [6.45, 7) is 2.55. The van der Waals surface area contributed by atoms with Crippen molar-refractivity contribution >= 4 is 27.7 Å². The summed E-state index contributed by atoms with van der Waals surface area (Å²) >= 11 is 3.43. The molecule has 0 aliphatic heterocycles. The van der Waals surface area contributed by atoms with Crippen LogP contribution in [0, 0.1) is 6.92 Å². The van der Waals surface area contributed by atoms with Crippen molar-refractivity contribution in [1.29, 1.82) is 0 Å². The lowest BCUT2D eigenvalue weighted by atomic mass is 10.2. The number of primary amides is 1. The van der Waals surface area contributed by atoms with Gasteiger partial charge in [-0.3, -0.25) is 9.59 Å². The van der Waals surface area contributed by atoms with E-state index in [1.807, 2.05) is 55.5 Å². The van der Waals surface area contributed by atoms with Crippen molar-refractivity contribution in [3.8, 4) is 5.75 Å². The Hall–Kier alpha value is -2.34. The summed E-state index contributed by atoms with van der Waals surface area (Å²) in [6, 6.07) is 15.3. The van der Waals surface area contributed by atoms with Crippen LogP contribution in [0.4, 0.5) is 0 Å². The minimum Gasteiger partial charge on any atom is -0.483 e. The van der Waals surface area contributed by atoms with E-state index in [0.29, 0.717) is 12.3 Å². The lowest BCUT2D eigenvalue weighted by molar-refractivity contribution is -0.134. The second-order valence-corrected chi connectivity index (χ2v) is 6.59. The molecule has 2 aromatic carbocycles. The van der Waals surface area contributed by atoms with Crippen LogP contribution >= 0.6 is 15.9 Å².